The minimum absolute atomic E-state index is 0.0755. The van der Waals surface area contributed by atoms with Crippen LogP contribution < -0.4 is 0 Å². The highest BCUT2D eigenvalue weighted by Gasteiger charge is 2.43. The van der Waals surface area contributed by atoms with E-state index in [-0.39, 0.29) is 12.5 Å². The number of benzene rings is 1. The predicted octanol–water partition coefficient (Wildman–Crippen LogP) is 2.74. The third kappa shape index (κ3) is 3.37. The van der Waals surface area contributed by atoms with Crippen LogP contribution in [-0.2, 0) is 16.1 Å². The quantitative estimate of drug-likeness (QED) is 0.584. The molecule has 0 aliphatic carbocycles. The number of hydrogen-bond acceptors (Lipinski definition) is 6. The van der Waals surface area contributed by atoms with Crippen molar-refractivity contribution in [3.63, 3.8) is 0 Å². The lowest BCUT2D eigenvalue weighted by Gasteiger charge is -2.25. The third-order valence-corrected chi connectivity index (χ3v) is 4.14. The van der Waals surface area contributed by atoms with E-state index >= 15 is 0 Å². The second-order valence-corrected chi connectivity index (χ2v) is 6.71. The Bertz CT molecular complexity index is 820. The molecule has 0 saturated heterocycles. The number of imide groups is 1. The van der Waals surface area contributed by atoms with Crippen molar-refractivity contribution >= 4 is 17.8 Å². The first-order valence-electron chi connectivity index (χ1n) is 8.44. The van der Waals surface area contributed by atoms with Gasteiger partial charge in [-0.25, -0.2) is 4.79 Å². The van der Waals surface area contributed by atoms with Crippen LogP contribution in [0, 0.1) is 12.8 Å². The van der Waals surface area contributed by atoms with Crippen LogP contribution in [0.1, 0.15) is 52.4 Å². The molecular formula is C19H20N2O5. The Morgan fingerprint density at radius 3 is 2.31 bits per heavy atom. The van der Waals surface area contributed by atoms with E-state index < -0.39 is 23.8 Å². The van der Waals surface area contributed by atoms with Gasteiger partial charge in [0, 0.05) is 6.07 Å². The lowest BCUT2D eigenvalue weighted by atomic mass is 10.0. The van der Waals surface area contributed by atoms with Gasteiger partial charge in [0.2, 0.25) is 0 Å². The number of esters is 1. The smallest absolute Gasteiger partial charge is 0.329 e. The highest BCUT2D eigenvalue weighted by atomic mass is 16.5. The summed E-state index contributed by atoms with van der Waals surface area (Å²) in [6.45, 7) is 5.49. The van der Waals surface area contributed by atoms with E-state index in [1.54, 1.807) is 37.3 Å². The van der Waals surface area contributed by atoms with Gasteiger partial charge in [0.15, 0.2) is 0 Å². The summed E-state index contributed by atoms with van der Waals surface area (Å²) >= 11 is 0. The summed E-state index contributed by atoms with van der Waals surface area (Å²) in [6, 6.07) is 7.24. The van der Waals surface area contributed by atoms with Crippen molar-refractivity contribution in [3.05, 3.63) is 52.9 Å². The fourth-order valence-electron chi connectivity index (χ4n) is 2.97. The Labute approximate surface area is 150 Å². The number of aromatic nitrogens is 1. The largest absolute Gasteiger partial charge is 0.457 e. The zero-order valence-corrected chi connectivity index (χ0v) is 14.9. The van der Waals surface area contributed by atoms with Gasteiger partial charge in [-0.1, -0.05) is 31.1 Å². The molecule has 0 fully saturated rings. The van der Waals surface area contributed by atoms with E-state index in [1.165, 1.54) is 0 Å². The van der Waals surface area contributed by atoms with Gasteiger partial charge in [-0.3, -0.25) is 14.5 Å². The monoisotopic (exact) mass is 356 g/mol. The van der Waals surface area contributed by atoms with Crippen LogP contribution >= 0.6 is 0 Å². The number of ether oxygens (including phenoxy) is 1. The van der Waals surface area contributed by atoms with Crippen LogP contribution in [0.2, 0.25) is 0 Å². The maximum absolute atomic E-state index is 12.7. The standard InChI is InChI=1S/C19H20N2O5/c1-11(2)8-16(19(24)25-10-13-9-12(3)26-20-13)21-17(22)14-6-4-5-7-15(14)18(21)23/h4-7,9,11,16H,8,10H2,1-3H3/t16-/m0/s1. The highest BCUT2D eigenvalue weighted by molar-refractivity contribution is 6.22. The molecule has 2 aromatic rings. The molecule has 136 valence electrons. The van der Waals surface area contributed by atoms with E-state index in [2.05, 4.69) is 5.16 Å². The lowest BCUT2D eigenvalue weighted by molar-refractivity contribution is -0.150. The van der Waals surface area contributed by atoms with Crippen molar-refractivity contribution in [2.75, 3.05) is 0 Å². The molecule has 0 unspecified atom stereocenters. The van der Waals surface area contributed by atoms with Crippen LogP contribution in [-0.4, -0.2) is 33.9 Å². The van der Waals surface area contributed by atoms with Crippen molar-refractivity contribution in [2.24, 2.45) is 5.92 Å². The number of carbonyl (C=O) groups excluding carboxylic acids is 3. The minimum atomic E-state index is -0.976. The number of nitrogens with zero attached hydrogens (tertiary/aromatic N) is 2. The molecule has 1 aromatic heterocycles. The Kier molecular flexibility index (Phi) is 4.88. The number of amides is 2. The lowest BCUT2D eigenvalue weighted by Crippen LogP contribution is -2.46. The average Bonchev–Trinajstić information content (AvgIpc) is 3.13. The number of carbonyl (C=O) groups is 3. The minimum Gasteiger partial charge on any atom is -0.457 e. The summed E-state index contributed by atoms with van der Waals surface area (Å²) in [5.41, 5.74) is 1.10. The van der Waals surface area contributed by atoms with Gasteiger partial charge in [0.25, 0.3) is 11.8 Å². The average molecular weight is 356 g/mol. The molecule has 7 nitrogen and oxygen atoms in total. The fraction of sp³-hybridized carbons (Fsp3) is 0.368. The first-order valence-corrected chi connectivity index (χ1v) is 8.44. The van der Waals surface area contributed by atoms with Crippen molar-refractivity contribution in [1.82, 2.24) is 10.1 Å². The van der Waals surface area contributed by atoms with Crippen LogP contribution in [0.15, 0.2) is 34.9 Å². The number of hydrogen-bond donors (Lipinski definition) is 0. The van der Waals surface area contributed by atoms with Crippen LogP contribution in [0.5, 0.6) is 0 Å². The second-order valence-electron chi connectivity index (χ2n) is 6.71. The van der Waals surface area contributed by atoms with Gasteiger partial charge in [-0.2, -0.15) is 0 Å². The number of rotatable bonds is 6. The molecule has 1 aromatic carbocycles. The van der Waals surface area contributed by atoms with Gasteiger partial charge in [-0.05, 0) is 31.4 Å². The molecule has 1 aliphatic heterocycles. The molecule has 3 rings (SSSR count). The third-order valence-electron chi connectivity index (χ3n) is 4.14. The van der Waals surface area contributed by atoms with Gasteiger partial charge >= 0.3 is 5.97 Å². The summed E-state index contributed by atoms with van der Waals surface area (Å²) in [6.07, 6.45) is 0.322. The molecule has 26 heavy (non-hydrogen) atoms. The van der Waals surface area contributed by atoms with Crippen LogP contribution in [0.4, 0.5) is 0 Å². The summed E-state index contributed by atoms with van der Waals surface area (Å²) in [5.74, 6) is -0.869. The van der Waals surface area contributed by atoms with E-state index in [1.807, 2.05) is 13.8 Å². The first kappa shape index (κ1) is 17.8. The molecule has 0 bridgehead atoms. The van der Waals surface area contributed by atoms with Gasteiger partial charge < -0.3 is 9.26 Å². The maximum atomic E-state index is 12.7. The van der Waals surface area contributed by atoms with E-state index in [9.17, 15) is 14.4 Å². The summed E-state index contributed by atoms with van der Waals surface area (Å²) in [4.78, 5) is 39.0. The predicted molar refractivity (Wildman–Crippen MR) is 91.2 cm³/mol. The molecule has 0 saturated carbocycles. The number of fused-ring (bicyclic) bond motifs is 1. The SMILES string of the molecule is Cc1cc(COC(=O)[C@H](CC(C)C)N2C(=O)c3ccccc3C2=O)no1. The van der Waals surface area contributed by atoms with Gasteiger partial charge in [0.05, 0.1) is 11.1 Å². The van der Waals surface area contributed by atoms with Crippen molar-refractivity contribution in [3.8, 4) is 0 Å². The van der Waals surface area contributed by atoms with E-state index in [0.717, 1.165) is 4.90 Å². The summed E-state index contributed by atoms with van der Waals surface area (Å²) in [7, 11) is 0. The zero-order chi connectivity index (χ0) is 18.8. The molecule has 1 atom stereocenters. The molecule has 1 aliphatic rings. The molecule has 2 amide bonds. The normalized spacial score (nSPS) is 14.7. The summed E-state index contributed by atoms with van der Waals surface area (Å²) < 4.78 is 10.2. The first-order chi connectivity index (χ1) is 12.4. The Balaban J connectivity index is 1.81. The zero-order valence-electron chi connectivity index (χ0n) is 14.9. The molecule has 0 spiro atoms. The fourth-order valence-corrected chi connectivity index (χ4v) is 2.97. The van der Waals surface area contributed by atoms with Gasteiger partial charge in [0.1, 0.15) is 24.1 Å². The Hall–Kier alpha value is -2.96. The second kappa shape index (κ2) is 7.11. The van der Waals surface area contributed by atoms with Crippen molar-refractivity contribution < 1.29 is 23.6 Å². The topological polar surface area (TPSA) is 89.7 Å². The van der Waals surface area contributed by atoms with Crippen molar-refractivity contribution in [1.29, 1.82) is 0 Å². The molecule has 2 heterocycles. The Morgan fingerprint density at radius 1 is 1.19 bits per heavy atom. The molecule has 7 heteroatoms. The van der Waals surface area contributed by atoms with Crippen LogP contribution in [0.3, 0.4) is 0 Å². The molecular weight excluding hydrogens is 336 g/mol. The highest BCUT2D eigenvalue weighted by Crippen LogP contribution is 2.27. The number of aryl methyl sites for hydroxylation is 1. The van der Waals surface area contributed by atoms with E-state index in [4.69, 9.17) is 9.26 Å². The van der Waals surface area contributed by atoms with E-state index in [0.29, 0.717) is 29.0 Å². The molecule has 0 radical (unpaired) electrons. The van der Waals surface area contributed by atoms with Crippen LogP contribution in [0.25, 0.3) is 0 Å². The Morgan fingerprint density at radius 2 is 1.81 bits per heavy atom. The van der Waals surface area contributed by atoms with Crippen molar-refractivity contribution in [2.45, 2.75) is 39.8 Å². The summed E-state index contributed by atoms with van der Waals surface area (Å²) in [5, 5.41) is 3.77. The van der Waals surface area contributed by atoms with Gasteiger partial charge in [-0.15, -0.1) is 0 Å². The maximum Gasteiger partial charge on any atom is 0.329 e. The molecule has 0 N–H and O–H groups in total.